The van der Waals surface area contributed by atoms with Crippen LogP contribution in [0.1, 0.15) is 24.0 Å². The van der Waals surface area contributed by atoms with Crippen LogP contribution < -0.4 is 10.0 Å². The van der Waals surface area contributed by atoms with E-state index >= 15 is 0 Å². The normalized spacial score (nSPS) is 20.8. The number of benzene rings is 1. The summed E-state index contributed by atoms with van der Waals surface area (Å²) in [5.74, 6) is 0. The maximum Gasteiger partial charge on any atom is 0.216 e. The van der Waals surface area contributed by atoms with Crippen molar-refractivity contribution >= 4 is 10.0 Å². The summed E-state index contributed by atoms with van der Waals surface area (Å²) in [6.07, 6.45) is 1.67. The van der Waals surface area contributed by atoms with Crippen LogP contribution in [-0.2, 0) is 16.6 Å². The molecule has 4 nitrogen and oxygen atoms in total. The van der Waals surface area contributed by atoms with Gasteiger partial charge in [-0.2, -0.15) is 0 Å². The minimum absolute atomic E-state index is 0.295. The molecule has 0 amide bonds. The van der Waals surface area contributed by atoms with Crippen molar-refractivity contribution in [2.45, 2.75) is 31.6 Å². The first-order valence-electron chi connectivity index (χ1n) is 6.33. The van der Waals surface area contributed by atoms with E-state index in [4.69, 9.17) is 0 Å². The van der Waals surface area contributed by atoms with Gasteiger partial charge in [0.2, 0.25) is 10.0 Å². The highest BCUT2D eigenvalue weighted by molar-refractivity contribution is 7.90. The lowest BCUT2D eigenvalue weighted by molar-refractivity contribution is 0.490. The predicted octanol–water partition coefficient (Wildman–Crippen LogP) is 1.17. The summed E-state index contributed by atoms with van der Waals surface area (Å²) < 4.78 is 26.8. The van der Waals surface area contributed by atoms with Gasteiger partial charge in [-0.25, -0.2) is 13.1 Å². The number of piperidine rings is 1. The molecule has 1 fully saturated rings. The smallest absolute Gasteiger partial charge is 0.216 e. The van der Waals surface area contributed by atoms with Gasteiger partial charge in [-0.15, -0.1) is 0 Å². The molecule has 1 aliphatic heterocycles. The highest BCUT2D eigenvalue weighted by atomic mass is 32.2. The summed E-state index contributed by atoms with van der Waals surface area (Å²) >= 11 is 0. The molecule has 1 unspecified atom stereocenters. The van der Waals surface area contributed by atoms with E-state index in [1.807, 2.05) is 31.2 Å². The van der Waals surface area contributed by atoms with Crippen molar-refractivity contribution in [2.24, 2.45) is 0 Å². The van der Waals surface area contributed by atoms with Crippen LogP contribution in [0.25, 0.3) is 0 Å². The summed E-state index contributed by atoms with van der Waals surface area (Å²) in [5, 5.41) is 2.83. The molecule has 2 N–H and O–H groups in total. The Labute approximate surface area is 109 Å². The molecule has 0 bridgehead atoms. The third kappa shape index (κ3) is 3.54. The van der Waals surface area contributed by atoms with Crippen LogP contribution >= 0.6 is 0 Å². The topological polar surface area (TPSA) is 58.2 Å². The fraction of sp³-hybridized carbons (Fsp3) is 0.538. The number of nitrogens with one attached hydrogen (secondary N) is 2. The molecule has 1 aliphatic rings. The number of hydrogen-bond acceptors (Lipinski definition) is 3. The molecule has 1 aromatic rings. The van der Waals surface area contributed by atoms with Gasteiger partial charge in [0.05, 0.1) is 5.25 Å². The van der Waals surface area contributed by atoms with Crippen LogP contribution in [0.3, 0.4) is 0 Å². The Hall–Kier alpha value is -0.910. The average molecular weight is 268 g/mol. The van der Waals surface area contributed by atoms with E-state index < -0.39 is 10.0 Å². The van der Waals surface area contributed by atoms with Gasteiger partial charge < -0.3 is 5.32 Å². The molecule has 0 aromatic heterocycles. The Kier molecular flexibility index (Phi) is 4.37. The Morgan fingerprint density at radius 3 is 2.67 bits per heavy atom. The quantitative estimate of drug-likeness (QED) is 0.862. The van der Waals surface area contributed by atoms with Crippen molar-refractivity contribution in [2.75, 3.05) is 13.1 Å². The molecule has 1 heterocycles. The minimum Gasteiger partial charge on any atom is -0.315 e. The van der Waals surface area contributed by atoms with Crippen molar-refractivity contribution in [3.8, 4) is 0 Å². The second-order valence-electron chi connectivity index (χ2n) is 4.82. The molecule has 1 aromatic carbocycles. The van der Waals surface area contributed by atoms with E-state index in [0.717, 1.165) is 24.9 Å². The van der Waals surface area contributed by atoms with E-state index in [-0.39, 0.29) is 5.25 Å². The van der Waals surface area contributed by atoms with E-state index in [2.05, 4.69) is 10.0 Å². The Morgan fingerprint density at radius 1 is 1.33 bits per heavy atom. The highest BCUT2D eigenvalue weighted by Crippen LogP contribution is 2.11. The van der Waals surface area contributed by atoms with E-state index in [9.17, 15) is 8.42 Å². The zero-order valence-corrected chi connectivity index (χ0v) is 11.5. The lowest BCUT2D eigenvalue weighted by Crippen LogP contribution is -2.44. The van der Waals surface area contributed by atoms with Gasteiger partial charge in [0.15, 0.2) is 0 Å². The summed E-state index contributed by atoms with van der Waals surface area (Å²) in [6, 6.07) is 7.89. The number of aryl methyl sites for hydroxylation is 1. The second kappa shape index (κ2) is 5.82. The highest BCUT2D eigenvalue weighted by Gasteiger charge is 2.26. The molecule has 2 rings (SSSR count). The van der Waals surface area contributed by atoms with E-state index in [0.29, 0.717) is 13.1 Å². The Morgan fingerprint density at radius 2 is 2.06 bits per heavy atom. The maximum absolute atomic E-state index is 12.1. The number of rotatable bonds is 4. The van der Waals surface area contributed by atoms with Gasteiger partial charge >= 0.3 is 0 Å². The lowest BCUT2D eigenvalue weighted by Gasteiger charge is -2.23. The summed E-state index contributed by atoms with van der Waals surface area (Å²) in [7, 11) is -3.20. The van der Waals surface area contributed by atoms with Crippen LogP contribution in [0.15, 0.2) is 24.3 Å². The molecular formula is C13H20N2O2S. The molecule has 1 atom stereocenters. The minimum atomic E-state index is -3.20. The fourth-order valence-corrected chi connectivity index (χ4v) is 3.51. The first-order chi connectivity index (χ1) is 8.58. The van der Waals surface area contributed by atoms with Gasteiger partial charge in [0.1, 0.15) is 0 Å². The van der Waals surface area contributed by atoms with Crippen molar-refractivity contribution < 1.29 is 8.42 Å². The molecule has 0 radical (unpaired) electrons. The van der Waals surface area contributed by atoms with Gasteiger partial charge in [-0.05, 0) is 31.9 Å². The summed E-state index contributed by atoms with van der Waals surface area (Å²) in [6.45, 7) is 3.87. The zero-order chi connectivity index (χ0) is 13.0. The molecule has 18 heavy (non-hydrogen) atoms. The summed E-state index contributed by atoms with van der Waals surface area (Å²) in [4.78, 5) is 0. The van der Waals surface area contributed by atoms with Crippen LogP contribution in [-0.4, -0.2) is 26.8 Å². The van der Waals surface area contributed by atoms with Gasteiger partial charge in [-0.1, -0.05) is 29.8 Å². The summed E-state index contributed by atoms with van der Waals surface area (Å²) in [5.41, 5.74) is 2.17. The molecule has 0 saturated carbocycles. The molecule has 5 heteroatoms. The number of hydrogen-bond donors (Lipinski definition) is 2. The van der Waals surface area contributed by atoms with E-state index in [1.54, 1.807) is 0 Å². The third-order valence-electron chi connectivity index (χ3n) is 3.29. The maximum atomic E-state index is 12.1. The van der Waals surface area contributed by atoms with Gasteiger partial charge in [0.25, 0.3) is 0 Å². The largest absolute Gasteiger partial charge is 0.315 e. The van der Waals surface area contributed by atoms with Crippen molar-refractivity contribution in [1.29, 1.82) is 0 Å². The molecule has 0 aliphatic carbocycles. The van der Waals surface area contributed by atoms with Gasteiger partial charge in [-0.3, -0.25) is 0 Å². The number of sulfonamides is 1. The van der Waals surface area contributed by atoms with E-state index in [1.165, 1.54) is 5.56 Å². The average Bonchev–Trinajstić information content (AvgIpc) is 2.39. The third-order valence-corrected chi connectivity index (χ3v) is 5.12. The standard InChI is InChI=1S/C13H20N2O2S/c1-11-4-6-12(7-5-11)9-15-18(16,17)13-3-2-8-14-10-13/h4-7,13-15H,2-3,8-10H2,1H3. The molecule has 1 saturated heterocycles. The predicted molar refractivity (Wildman–Crippen MR) is 72.8 cm³/mol. The molecular weight excluding hydrogens is 248 g/mol. The van der Waals surface area contributed by atoms with Crippen molar-refractivity contribution in [3.63, 3.8) is 0 Å². The first-order valence-corrected chi connectivity index (χ1v) is 7.87. The SMILES string of the molecule is Cc1ccc(CNS(=O)(=O)C2CCCNC2)cc1. The Bertz CT molecular complexity index is 476. The first kappa shape index (κ1) is 13.5. The second-order valence-corrected chi connectivity index (χ2v) is 6.87. The van der Waals surface area contributed by atoms with Crippen LogP contribution in [0.2, 0.25) is 0 Å². The fourth-order valence-electron chi connectivity index (χ4n) is 2.09. The van der Waals surface area contributed by atoms with Crippen LogP contribution in [0.4, 0.5) is 0 Å². The molecule has 0 spiro atoms. The zero-order valence-electron chi connectivity index (χ0n) is 10.6. The van der Waals surface area contributed by atoms with Crippen LogP contribution in [0.5, 0.6) is 0 Å². The van der Waals surface area contributed by atoms with Crippen molar-refractivity contribution in [3.05, 3.63) is 35.4 Å². The van der Waals surface area contributed by atoms with Crippen molar-refractivity contribution in [1.82, 2.24) is 10.0 Å². The van der Waals surface area contributed by atoms with Gasteiger partial charge in [0, 0.05) is 13.1 Å². The monoisotopic (exact) mass is 268 g/mol. The lowest BCUT2D eigenvalue weighted by atomic mass is 10.2. The Balaban J connectivity index is 1.94. The van der Waals surface area contributed by atoms with Crippen LogP contribution in [0, 0.1) is 6.92 Å². The molecule has 100 valence electrons.